The van der Waals surface area contributed by atoms with Gasteiger partial charge in [0.1, 0.15) is 0 Å². The van der Waals surface area contributed by atoms with Crippen LogP contribution < -0.4 is 11.1 Å². The van der Waals surface area contributed by atoms with Crippen LogP contribution in [0.3, 0.4) is 0 Å². The number of benzene rings is 1. The van der Waals surface area contributed by atoms with Crippen LogP contribution >= 0.6 is 0 Å². The van der Waals surface area contributed by atoms with Crippen LogP contribution in [0.15, 0.2) is 12.1 Å². The van der Waals surface area contributed by atoms with Crippen LogP contribution in [0, 0.1) is 22.9 Å². The first-order valence-electron chi connectivity index (χ1n) is 6.14. The minimum Gasteiger partial charge on any atom is -0.329 e. The summed E-state index contributed by atoms with van der Waals surface area (Å²) in [4.78, 5) is 12.1. The molecule has 19 heavy (non-hydrogen) atoms. The van der Waals surface area contributed by atoms with Crippen molar-refractivity contribution in [2.45, 2.75) is 25.7 Å². The molecule has 0 saturated heterocycles. The van der Waals surface area contributed by atoms with Crippen LogP contribution in [-0.4, -0.2) is 12.5 Å². The summed E-state index contributed by atoms with van der Waals surface area (Å²) in [5.74, 6) is -4.57. The fourth-order valence-corrected chi connectivity index (χ4v) is 2.47. The van der Waals surface area contributed by atoms with Gasteiger partial charge in [-0.25, -0.2) is 13.2 Å². The number of nitrogens with one attached hydrogen (secondary N) is 1. The standard InChI is InChI=1S/C13H15F3N2O/c14-9-5-8(6-10(15)11(9)16)18-12(19)13(7-17)3-1-2-4-13/h5-6H,1-4,7,17H2,(H,18,19). The molecule has 1 aromatic carbocycles. The Morgan fingerprint density at radius 3 is 2.21 bits per heavy atom. The quantitative estimate of drug-likeness (QED) is 0.831. The molecule has 1 aliphatic carbocycles. The van der Waals surface area contributed by atoms with Gasteiger partial charge in [-0.05, 0) is 12.8 Å². The predicted octanol–water partition coefficient (Wildman–Crippen LogP) is 2.56. The third-order valence-electron chi connectivity index (χ3n) is 3.67. The van der Waals surface area contributed by atoms with Crippen LogP contribution in [0.2, 0.25) is 0 Å². The van der Waals surface area contributed by atoms with E-state index in [1.807, 2.05) is 0 Å². The number of anilines is 1. The zero-order chi connectivity index (χ0) is 14.0. The Labute approximate surface area is 109 Å². The summed E-state index contributed by atoms with van der Waals surface area (Å²) in [6.45, 7) is 0.186. The van der Waals surface area contributed by atoms with Gasteiger partial charge in [-0.1, -0.05) is 12.8 Å². The fourth-order valence-electron chi connectivity index (χ4n) is 2.47. The number of carbonyl (C=O) groups excluding carboxylic acids is 1. The van der Waals surface area contributed by atoms with Crippen LogP contribution in [-0.2, 0) is 4.79 Å². The number of hydrogen-bond acceptors (Lipinski definition) is 2. The highest BCUT2D eigenvalue weighted by Gasteiger charge is 2.39. The van der Waals surface area contributed by atoms with Gasteiger partial charge in [0.15, 0.2) is 17.5 Å². The molecule has 1 amide bonds. The maximum Gasteiger partial charge on any atom is 0.231 e. The van der Waals surface area contributed by atoms with E-state index in [-0.39, 0.29) is 18.1 Å². The number of carbonyl (C=O) groups is 1. The molecule has 2 rings (SSSR count). The summed E-state index contributed by atoms with van der Waals surface area (Å²) in [6, 6.07) is 1.52. The minimum absolute atomic E-state index is 0.0962. The summed E-state index contributed by atoms with van der Waals surface area (Å²) in [6.07, 6.45) is 3.11. The minimum atomic E-state index is -1.55. The summed E-state index contributed by atoms with van der Waals surface area (Å²) in [5, 5.41) is 2.42. The first kappa shape index (κ1) is 13.9. The summed E-state index contributed by atoms with van der Waals surface area (Å²) < 4.78 is 38.9. The molecule has 0 atom stereocenters. The first-order chi connectivity index (χ1) is 8.98. The summed E-state index contributed by atoms with van der Waals surface area (Å²) in [7, 11) is 0. The van der Waals surface area contributed by atoms with E-state index in [0.717, 1.165) is 25.0 Å². The van der Waals surface area contributed by atoms with Crippen molar-refractivity contribution in [2.24, 2.45) is 11.1 Å². The molecule has 0 spiro atoms. The van der Waals surface area contributed by atoms with E-state index in [0.29, 0.717) is 12.8 Å². The summed E-state index contributed by atoms with van der Waals surface area (Å²) >= 11 is 0. The lowest BCUT2D eigenvalue weighted by atomic mass is 9.85. The van der Waals surface area contributed by atoms with Crippen molar-refractivity contribution in [1.29, 1.82) is 0 Å². The van der Waals surface area contributed by atoms with Crippen molar-refractivity contribution < 1.29 is 18.0 Å². The maximum absolute atomic E-state index is 13.1. The lowest BCUT2D eigenvalue weighted by molar-refractivity contribution is -0.124. The van der Waals surface area contributed by atoms with Gasteiger partial charge in [-0.2, -0.15) is 0 Å². The average Bonchev–Trinajstić information content (AvgIpc) is 2.85. The Hall–Kier alpha value is -1.56. The smallest absolute Gasteiger partial charge is 0.231 e. The Morgan fingerprint density at radius 1 is 1.21 bits per heavy atom. The topological polar surface area (TPSA) is 55.1 Å². The molecule has 0 radical (unpaired) electrons. The molecular formula is C13H15F3N2O. The Bertz CT molecular complexity index is 476. The van der Waals surface area contributed by atoms with Gasteiger partial charge in [-0.3, -0.25) is 4.79 Å². The normalized spacial score (nSPS) is 17.5. The van der Waals surface area contributed by atoms with Crippen LogP contribution in [0.1, 0.15) is 25.7 Å². The first-order valence-corrected chi connectivity index (χ1v) is 6.14. The van der Waals surface area contributed by atoms with Gasteiger partial charge < -0.3 is 11.1 Å². The van der Waals surface area contributed by atoms with Crippen molar-refractivity contribution in [3.8, 4) is 0 Å². The zero-order valence-electron chi connectivity index (χ0n) is 10.3. The lowest BCUT2D eigenvalue weighted by Gasteiger charge is -2.25. The van der Waals surface area contributed by atoms with Crippen molar-refractivity contribution in [3.05, 3.63) is 29.6 Å². The second kappa shape index (κ2) is 5.21. The lowest BCUT2D eigenvalue weighted by Crippen LogP contribution is -2.40. The van der Waals surface area contributed by atoms with Crippen molar-refractivity contribution in [1.82, 2.24) is 0 Å². The zero-order valence-corrected chi connectivity index (χ0v) is 10.3. The Balaban J connectivity index is 2.19. The molecule has 0 aromatic heterocycles. The Morgan fingerprint density at radius 2 is 1.74 bits per heavy atom. The molecule has 3 N–H and O–H groups in total. The van der Waals surface area contributed by atoms with E-state index in [4.69, 9.17) is 5.73 Å². The molecule has 0 bridgehead atoms. The van der Waals surface area contributed by atoms with Gasteiger partial charge in [0.25, 0.3) is 0 Å². The van der Waals surface area contributed by atoms with Crippen LogP contribution in [0.4, 0.5) is 18.9 Å². The highest BCUT2D eigenvalue weighted by molar-refractivity contribution is 5.95. The van der Waals surface area contributed by atoms with E-state index in [9.17, 15) is 18.0 Å². The van der Waals surface area contributed by atoms with E-state index in [1.54, 1.807) is 0 Å². The second-order valence-corrected chi connectivity index (χ2v) is 4.90. The molecule has 0 aliphatic heterocycles. The molecule has 1 aromatic rings. The third kappa shape index (κ3) is 2.58. The molecule has 1 fully saturated rings. The molecular weight excluding hydrogens is 257 g/mol. The molecule has 1 saturated carbocycles. The molecule has 3 nitrogen and oxygen atoms in total. The highest BCUT2D eigenvalue weighted by atomic mass is 19.2. The molecule has 1 aliphatic rings. The van der Waals surface area contributed by atoms with Crippen LogP contribution in [0.25, 0.3) is 0 Å². The van der Waals surface area contributed by atoms with Crippen molar-refractivity contribution in [2.75, 3.05) is 11.9 Å². The van der Waals surface area contributed by atoms with E-state index < -0.39 is 22.9 Å². The van der Waals surface area contributed by atoms with Gasteiger partial charge in [0.2, 0.25) is 5.91 Å². The van der Waals surface area contributed by atoms with E-state index in [2.05, 4.69) is 5.32 Å². The van der Waals surface area contributed by atoms with Gasteiger partial charge in [0, 0.05) is 24.4 Å². The number of halogens is 3. The number of nitrogens with two attached hydrogens (primary N) is 1. The molecule has 0 heterocycles. The number of amides is 1. The average molecular weight is 272 g/mol. The number of rotatable bonds is 3. The SMILES string of the molecule is NCC1(C(=O)Nc2cc(F)c(F)c(F)c2)CCCC1. The highest BCUT2D eigenvalue weighted by Crippen LogP contribution is 2.38. The van der Waals surface area contributed by atoms with Crippen molar-refractivity contribution >= 4 is 11.6 Å². The molecule has 6 heteroatoms. The Kier molecular flexibility index (Phi) is 3.80. The predicted molar refractivity (Wildman–Crippen MR) is 64.9 cm³/mol. The van der Waals surface area contributed by atoms with Gasteiger partial charge >= 0.3 is 0 Å². The van der Waals surface area contributed by atoms with Gasteiger partial charge in [-0.15, -0.1) is 0 Å². The van der Waals surface area contributed by atoms with E-state index >= 15 is 0 Å². The second-order valence-electron chi connectivity index (χ2n) is 4.90. The maximum atomic E-state index is 13.1. The largest absolute Gasteiger partial charge is 0.329 e. The van der Waals surface area contributed by atoms with Gasteiger partial charge in [0.05, 0.1) is 5.41 Å². The molecule has 0 unspecified atom stereocenters. The fraction of sp³-hybridized carbons (Fsp3) is 0.462. The number of hydrogen-bond donors (Lipinski definition) is 2. The summed E-state index contributed by atoms with van der Waals surface area (Å²) in [5.41, 5.74) is 4.86. The monoisotopic (exact) mass is 272 g/mol. The van der Waals surface area contributed by atoms with Crippen molar-refractivity contribution in [3.63, 3.8) is 0 Å². The molecule has 104 valence electrons. The van der Waals surface area contributed by atoms with E-state index in [1.165, 1.54) is 0 Å². The van der Waals surface area contributed by atoms with Crippen LogP contribution in [0.5, 0.6) is 0 Å². The third-order valence-corrected chi connectivity index (χ3v) is 3.67.